The number of nitrogens with zero attached hydrogens (tertiary/aromatic N) is 1. The molecule has 1 heterocycles. The second kappa shape index (κ2) is 4.91. The van der Waals surface area contributed by atoms with Gasteiger partial charge in [-0.1, -0.05) is 12.1 Å². The minimum atomic E-state index is -0.490. The number of ether oxygens (including phenoxy) is 1. The normalized spacial score (nSPS) is 10.6. The van der Waals surface area contributed by atoms with Gasteiger partial charge in [-0.05, 0) is 19.1 Å². The summed E-state index contributed by atoms with van der Waals surface area (Å²) >= 11 is 0. The van der Waals surface area contributed by atoms with Gasteiger partial charge in [0, 0.05) is 11.8 Å². The van der Waals surface area contributed by atoms with E-state index in [2.05, 4.69) is 9.97 Å². The third kappa shape index (κ3) is 2.20. The predicted octanol–water partition coefficient (Wildman–Crippen LogP) is 1.51. The molecule has 0 atom stereocenters. The van der Waals surface area contributed by atoms with Gasteiger partial charge in [0.05, 0.1) is 12.8 Å². The molecule has 0 aliphatic carbocycles. The fourth-order valence-corrected chi connectivity index (χ4v) is 1.62. The van der Waals surface area contributed by atoms with Crippen molar-refractivity contribution in [2.24, 2.45) is 5.73 Å². The molecule has 5 nitrogen and oxygen atoms in total. The van der Waals surface area contributed by atoms with Crippen molar-refractivity contribution in [3.05, 3.63) is 42.2 Å². The van der Waals surface area contributed by atoms with E-state index < -0.39 is 5.91 Å². The number of methoxy groups -OCH3 is 1. The summed E-state index contributed by atoms with van der Waals surface area (Å²) in [6.45, 7) is 1.63. The summed E-state index contributed by atoms with van der Waals surface area (Å²) in [4.78, 5) is 18.3. The monoisotopic (exact) mass is 244 g/mol. The van der Waals surface area contributed by atoms with Crippen molar-refractivity contribution in [2.75, 3.05) is 7.11 Å². The summed E-state index contributed by atoms with van der Waals surface area (Å²) in [5.74, 6) is 1.11. The Morgan fingerprint density at radius 2 is 2.11 bits per heavy atom. The second-order valence-electron chi connectivity index (χ2n) is 3.82. The Bertz CT molecular complexity index is 563. The molecule has 0 spiro atoms. The Morgan fingerprint density at radius 1 is 1.39 bits per heavy atom. The predicted molar refractivity (Wildman–Crippen MR) is 67.8 cm³/mol. The van der Waals surface area contributed by atoms with Crippen LogP contribution in [0.2, 0.25) is 0 Å². The van der Waals surface area contributed by atoms with Crippen molar-refractivity contribution in [3.8, 4) is 17.0 Å². The fraction of sp³-hybridized carbons (Fsp3) is 0.154. The maximum absolute atomic E-state index is 11.1. The lowest BCUT2D eigenvalue weighted by molar-refractivity contribution is -0.115. The zero-order valence-corrected chi connectivity index (χ0v) is 10.2. The van der Waals surface area contributed by atoms with Crippen LogP contribution in [0.15, 0.2) is 30.5 Å². The molecule has 1 radical (unpaired) electrons. The van der Waals surface area contributed by atoms with E-state index in [0.717, 1.165) is 11.3 Å². The van der Waals surface area contributed by atoms with E-state index in [1.54, 1.807) is 20.2 Å². The Balaban J connectivity index is 2.38. The number of aromatic nitrogens is 2. The van der Waals surface area contributed by atoms with Crippen molar-refractivity contribution >= 4 is 5.91 Å². The molecule has 2 aromatic rings. The molecule has 1 amide bonds. The number of aromatic amines is 1. The van der Waals surface area contributed by atoms with Gasteiger partial charge in [0.25, 0.3) is 0 Å². The van der Waals surface area contributed by atoms with E-state index in [0.29, 0.717) is 17.4 Å². The van der Waals surface area contributed by atoms with Crippen LogP contribution in [0.3, 0.4) is 0 Å². The number of hydrogen-bond acceptors (Lipinski definition) is 3. The van der Waals surface area contributed by atoms with Crippen LogP contribution < -0.4 is 10.5 Å². The standard InChI is InChI=1S/C13H14N3O2/c1-8(12(14)17)13-15-7-10(16-13)9-5-3-4-6-11(9)18-2/h3-7H,1-2H3,(H2,14,17)(H,15,16). The molecular formula is C13H14N3O2. The number of H-pyrrole nitrogens is 1. The lowest BCUT2D eigenvalue weighted by Gasteiger charge is -2.05. The highest BCUT2D eigenvalue weighted by Gasteiger charge is 2.17. The van der Waals surface area contributed by atoms with Crippen molar-refractivity contribution in [1.82, 2.24) is 9.97 Å². The molecule has 5 heteroatoms. The van der Waals surface area contributed by atoms with Gasteiger partial charge in [0.15, 0.2) is 0 Å². The van der Waals surface area contributed by atoms with Gasteiger partial charge >= 0.3 is 0 Å². The molecule has 1 aromatic carbocycles. The first-order valence-electron chi connectivity index (χ1n) is 5.46. The number of carbonyl (C=O) groups excluding carboxylic acids is 1. The molecule has 1 aromatic heterocycles. The van der Waals surface area contributed by atoms with Crippen LogP contribution >= 0.6 is 0 Å². The molecule has 0 unspecified atom stereocenters. The second-order valence-corrected chi connectivity index (χ2v) is 3.82. The van der Waals surface area contributed by atoms with Gasteiger partial charge in [0.2, 0.25) is 5.91 Å². The van der Waals surface area contributed by atoms with Gasteiger partial charge in [-0.2, -0.15) is 0 Å². The van der Waals surface area contributed by atoms with E-state index in [1.807, 2.05) is 24.3 Å². The summed E-state index contributed by atoms with van der Waals surface area (Å²) in [5, 5.41) is 0. The first-order valence-corrected chi connectivity index (χ1v) is 5.46. The molecule has 0 bridgehead atoms. The van der Waals surface area contributed by atoms with Crippen LogP contribution in [0.4, 0.5) is 0 Å². The first-order chi connectivity index (χ1) is 8.63. The highest BCUT2D eigenvalue weighted by atomic mass is 16.5. The minimum Gasteiger partial charge on any atom is -0.496 e. The molecule has 3 N–H and O–H groups in total. The molecule has 93 valence electrons. The maximum atomic E-state index is 11.1. The molecule has 0 fully saturated rings. The topological polar surface area (TPSA) is 81.0 Å². The number of para-hydroxylation sites is 1. The third-order valence-electron chi connectivity index (χ3n) is 2.69. The van der Waals surface area contributed by atoms with Crippen LogP contribution in [0.1, 0.15) is 12.7 Å². The van der Waals surface area contributed by atoms with Crippen molar-refractivity contribution in [1.29, 1.82) is 0 Å². The summed E-state index contributed by atoms with van der Waals surface area (Å²) in [6, 6.07) is 7.54. The van der Waals surface area contributed by atoms with Gasteiger partial charge in [-0.3, -0.25) is 4.79 Å². The Kier molecular flexibility index (Phi) is 3.32. The van der Waals surface area contributed by atoms with E-state index >= 15 is 0 Å². The van der Waals surface area contributed by atoms with Gasteiger partial charge in [0.1, 0.15) is 17.5 Å². The number of imidazole rings is 1. The SMILES string of the molecule is COc1ccccc1-c1c[nH]c([C](C)C(N)=O)n1. The smallest absolute Gasteiger partial charge is 0.232 e. The van der Waals surface area contributed by atoms with Crippen molar-refractivity contribution in [2.45, 2.75) is 6.92 Å². The van der Waals surface area contributed by atoms with E-state index in [1.165, 1.54) is 0 Å². The van der Waals surface area contributed by atoms with Crippen LogP contribution in [-0.4, -0.2) is 23.0 Å². The van der Waals surface area contributed by atoms with E-state index in [4.69, 9.17) is 10.5 Å². The number of amides is 1. The molecular weight excluding hydrogens is 230 g/mol. The average Bonchev–Trinajstić information content (AvgIpc) is 2.87. The molecule has 0 aliphatic heterocycles. The summed E-state index contributed by atoms with van der Waals surface area (Å²) in [6.07, 6.45) is 1.72. The number of hydrogen-bond donors (Lipinski definition) is 2. The number of rotatable bonds is 4. The lowest BCUT2D eigenvalue weighted by atomic mass is 10.1. The van der Waals surface area contributed by atoms with E-state index in [-0.39, 0.29) is 0 Å². The number of nitrogens with two attached hydrogens (primary N) is 1. The van der Waals surface area contributed by atoms with Crippen LogP contribution in [0, 0.1) is 5.92 Å². The fourth-order valence-electron chi connectivity index (χ4n) is 1.62. The number of benzene rings is 1. The molecule has 0 aliphatic rings. The number of nitrogens with one attached hydrogen (secondary N) is 1. The molecule has 0 saturated carbocycles. The van der Waals surface area contributed by atoms with Gasteiger partial charge in [-0.25, -0.2) is 4.98 Å². The van der Waals surface area contributed by atoms with Crippen molar-refractivity contribution < 1.29 is 9.53 Å². The Labute approximate surface area is 105 Å². The maximum Gasteiger partial charge on any atom is 0.232 e. The molecule has 0 saturated heterocycles. The zero-order valence-electron chi connectivity index (χ0n) is 10.2. The van der Waals surface area contributed by atoms with Crippen LogP contribution in [-0.2, 0) is 4.79 Å². The largest absolute Gasteiger partial charge is 0.496 e. The minimum absolute atomic E-state index is 0.399. The highest BCUT2D eigenvalue weighted by Crippen LogP contribution is 2.28. The molecule has 18 heavy (non-hydrogen) atoms. The summed E-state index contributed by atoms with van der Waals surface area (Å²) < 4.78 is 5.26. The Morgan fingerprint density at radius 3 is 2.78 bits per heavy atom. The highest BCUT2D eigenvalue weighted by molar-refractivity contribution is 5.91. The quantitative estimate of drug-likeness (QED) is 0.855. The number of primary amides is 1. The van der Waals surface area contributed by atoms with E-state index in [9.17, 15) is 4.79 Å². The zero-order chi connectivity index (χ0) is 13.1. The van der Waals surface area contributed by atoms with Crippen LogP contribution in [0.5, 0.6) is 5.75 Å². The average molecular weight is 244 g/mol. The molecule has 2 rings (SSSR count). The van der Waals surface area contributed by atoms with Gasteiger partial charge < -0.3 is 15.5 Å². The van der Waals surface area contributed by atoms with Crippen LogP contribution in [0.25, 0.3) is 11.3 Å². The number of carbonyl (C=O) groups is 1. The summed E-state index contributed by atoms with van der Waals surface area (Å²) in [7, 11) is 1.60. The van der Waals surface area contributed by atoms with Crippen molar-refractivity contribution in [3.63, 3.8) is 0 Å². The summed E-state index contributed by atoms with van der Waals surface area (Å²) in [5.41, 5.74) is 6.78. The first kappa shape index (κ1) is 12.2. The van der Waals surface area contributed by atoms with Gasteiger partial charge in [-0.15, -0.1) is 0 Å². The lowest BCUT2D eigenvalue weighted by Crippen LogP contribution is -2.20. The third-order valence-corrected chi connectivity index (χ3v) is 2.69. The Hall–Kier alpha value is -2.30.